The Morgan fingerprint density at radius 3 is 2.25 bits per heavy atom. The average Bonchev–Trinajstić information content (AvgIpc) is 2.90. The molecule has 0 radical (unpaired) electrons. The molecule has 2 aromatic carbocycles. The second-order valence-electron chi connectivity index (χ2n) is 7.28. The van der Waals surface area contributed by atoms with E-state index in [2.05, 4.69) is 24.4 Å². The highest BCUT2D eigenvalue weighted by atomic mass is 35.5. The Labute approximate surface area is 213 Å². The van der Waals surface area contributed by atoms with Gasteiger partial charge in [0.1, 0.15) is 5.75 Å². The number of nitrogens with one attached hydrogen (secondary N) is 2. The summed E-state index contributed by atoms with van der Waals surface area (Å²) in [6.45, 7) is 0.0258. The van der Waals surface area contributed by atoms with E-state index in [1.807, 2.05) is 0 Å². The molecule has 0 fully saturated rings. The first-order valence-electron chi connectivity index (χ1n) is 10.6. The molecule has 0 spiro atoms. The fourth-order valence-corrected chi connectivity index (χ4v) is 4.14. The van der Waals surface area contributed by atoms with Crippen LogP contribution in [0.3, 0.4) is 0 Å². The Hall–Kier alpha value is -3.93. The maximum atomic E-state index is 12.9. The van der Waals surface area contributed by atoms with Gasteiger partial charge in [-0.3, -0.25) is 9.71 Å². The minimum atomic E-state index is -4.10. The molecule has 0 atom stereocenters. The van der Waals surface area contributed by atoms with Gasteiger partial charge in [-0.05, 0) is 42.0 Å². The van der Waals surface area contributed by atoms with Crippen LogP contribution in [0.4, 0.5) is 5.82 Å². The van der Waals surface area contributed by atoms with Crippen LogP contribution in [0.1, 0.15) is 5.56 Å². The number of para-hydroxylation sites is 2. The van der Waals surface area contributed by atoms with Crippen LogP contribution in [0.15, 0.2) is 73.1 Å². The number of methoxy groups -OCH3 is 2. The molecule has 0 amide bonds. The van der Waals surface area contributed by atoms with Crippen molar-refractivity contribution in [3.05, 3.63) is 83.8 Å². The summed E-state index contributed by atoms with van der Waals surface area (Å²) in [6.07, 6.45) is 3.12. The standard InChI is InChI=1S/C24H22ClN5O5S/c1-33-18-9-7-16(8-10-18)15-27-36(31,32)30-24-21(35-20-6-4-3-5-19(20)34-2)22(25)28-23(29-24)17-11-13-26-14-12-17/h3-14,27H,15H2,1-2H3,(H,28,29,30). The van der Waals surface area contributed by atoms with Gasteiger partial charge >= 0.3 is 10.2 Å². The monoisotopic (exact) mass is 527 g/mol. The smallest absolute Gasteiger partial charge is 0.300 e. The summed E-state index contributed by atoms with van der Waals surface area (Å²) >= 11 is 6.46. The first kappa shape index (κ1) is 25.2. The summed E-state index contributed by atoms with van der Waals surface area (Å²) in [5.41, 5.74) is 1.31. The van der Waals surface area contributed by atoms with E-state index in [0.29, 0.717) is 22.8 Å². The zero-order valence-corrected chi connectivity index (χ0v) is 20.9. The number of pyridine rings is 1. The molecule has 4 rings (SSSR count). The highest BCUT2D eigenvalue weighted by molar-refractivity contribution is 7.90. The van der Waals surface area contributed by atoms with Crippen molar-refractivity contribution in [3.63, 3.8) is 0 Å². The molecule has 2 aromatic heterocycles. The van der Waals surface area contributed by atoms with E-state index in [9.17, 15) is 8.42 Å². The van der Waals surface area contributed by atoms with Crippen molar-refractivity contribution in [2.75, 3.05) is 18.9 Å². The SMILES string of the molecule is COc1ccc(CNS(=O)(=O)Nc2nc(-c3ccncc3)nc(Cl)c2Oc2ccccc2OC)cc1. The van der Waals surface area contributed by atoms with E-state index < -0.39 is 10.2 Å². The van der Waals surface area contributed by atoms with Crippen molar-refractivity contribution < 1.29 is 22.6 Å². The highest BCUT2D eigenvalue weighted by Crippen LogP contribution is 2.39. The summed E-state index contributed by atoms with van der Waals surface area (Å²) in [5.74, 6) is 1.32. The molecule has 10 nitrogen and oxygen atoms in total. The summed E-state index contributed by atoms with van der Waals surface area (Å²) in [7, 11) is -1.06. The molecule has 0 saturated carbocycles. The number of anilines is 1. The number of hydrogen-bond donors (Lipinski definition) is 2. The van der Waals surface area contributed by atoms with E-state index >= 15 is 0 Å². The quantitative estimate of drug-likeness (QED) is 0.290. The molecule has 2 N–H and O–H groups in total. The third kappa shape index (κ3) is 6.19. The molecule has 0 aliphatic rings. The van der Waals surface area contributed by atoms with Gasteiger partial charge in [-0.1, -0.05) is 35.9 Å². The molecular formula is C24H22ClN5O5S. The topological polar surface area (TPSA) is 125 Å². The molecule has 4 aromatic rings. The van der Waals surface area contributed by atoms with Crippen molar-refractivity contribution in [3.8, 4) is 34.4 Å². The van der Waals surface area contributed by atoms with Gasteiger partial charge in [0.2, 0.25) is 5.75 Å². The number of halogens is 1. The van der Waals surface area contributed by atoms with Crippen LogP contribution in [0.5, 0.6) is 23.0 Å². The Bertz CT molecular complexity index is 1440. The van der Waals surface area contributed by atoms with Gasteiger partial charge in [0.05, 0.1) is 14.2 Å². The number of nitrogens with zero attached hydrogens (tertiary/aromatic N) is 3. The molecule has 0 bridgehead atoms. The predicted octanol–water partition coefficient (Wildman–Crippen LogP) is 4.45. The number of rotatable bonds is 10. The maximum Gasteiger partial charge on any atom is 0.300 e. The van der Waals surface area contributed by atoms with Crippen LogP contribution in [0.2, 0.25) is 5.15 Å². The van der Waals surface area contributed by atoms with E-state index in [1.165, 1.54) is 7.11 Å². The molecule has 0 aliphatic carbocycles. The molecular weight excluding hydrogens is 506 g/mol. The van der Waals surface area contributed by atoms with Gasteiger partial charge in [-0.15, -0.1) is 0 Å². The van der Waals surface area contributed by atoms with Gasteiger partial charge in [-0.2, -0.15) is 13.1 Å². The van der Waals surface area contributed by atoms with Gasteiger partial charge < -0.3 is 14.2 Å². The van der Waals surface area contributed by atoms with E-state index in [0.717, 1.165) is 5.56 Å². The third-order valence-electron chi connectivity index (χ3n) is 4.90. The predicted molar refractivity (Wildman–Crippen MR) is 136 cm³/mol. The molecule has 0 saturated heterocycles. The van der Waals surface area contributed by atoms with Crippen LogP contribution in [0, 0.1) is 0 Å². The van der Waals surface area contributed by atoms with Crippen molar-refractivity contribution in [2.45, 2.75) is 6.54 Å². The molecule has 2 heterocycles. The fourth-order valence-electron chi connectivity index (χ4n) is 3.11. The molecule has 12 heteroatoms. The second-order valence-corrected chi connectivity index (χ2v) is 9.14. The van der Waals surface area contributed by atoms with Crippen LogP contribution in [-0.4, -0.2) is 37.6 Å². The average molecular weight is 528 g/mol. The van der Waals surface area contributed by atoms with Crippen molar-refractivity contribution in [1.29, 1.82) is 0 Å². The maximum absolute atomic E-state index is 12.9. The van der Waals surface area contributed by atoms with Crippen molar-refractivity contribution >= 4 is 27.6 Å². The Morgan fingerprint density at radius 1 is 0.889 bits per heavy atom. The second kappa shape index (κ2) is 11.2. The zero-order chi connectivity index (χ0) is 25.5. The van der Waals surface area contributed by atoms with Crippen LogP contribution in [0.25, 0.3) is 11.4 Å². The summed E-state index contributed by atoms with van der Waals surface area (Å²) in [4.78, 5) is 12.6. The zero-order valence-electron chi connectivity index (χ0n) is 19.3. The van der Waals surface area contributed by atoms with E-state index in [4.69, 9.17) is 25.8 Å². The molecule has 0 aliphatic heterocycles. The molecule has 186 valence electrons. The lowest BCUT2D eigenvalue weighted by Gasteiger charge is -2.16. The lowest BCUT2D eigenvalue weighted by Crippen LogP contribution is -2.30. The minimum absolute atomic E-state index is 0.0258. The van der Waals surface area contributed by atoms with Gasteiger partial charge in [0, 0.05) is 24.5 Å². The number of hydrogen-bond acceptors (Lipinski definition) is 8. The molecule has 36 heavy (non-hydrogen) atoms. The number of aromatic nitrogens is 3. The number of benzene rings is 2. The van der Waals surface area contributed by atoms with Crippen LogP contribution < -0.4 is 23.7 Å². The fraction of sp³-hybridized carbons (Fsp3) is 0.125. The summed E-state index contributed by atoms with van der Waals surface area (Å²) in [5, 5.41) is -0.101. The Kier molecular flexibility index (Phi) is 7.84. The van der Waals surface area contributed by atoms with Gasteiger partial charge in [-0.25, -0.2) is 9.97 Å². The normalized spacial score (nSPS) is 11.1. The molecule has 0 unspecified atom stereocenters. The lowest BCUT2D eigenvalue weighted by molar-refractivity contribution is 0.378. The third-order valence-corrected chi connectivity index (χ3v) is 6.14. The number of ether oxygens (including phenoxy) is 3. The van der Waals surface area contributed by atoms with Gasteiger partial charge in [0.15, 0.2) is 28.3 Å². The van der Waals surface area contributed by atoms with Crippen LogP contribution >= 0.6 is 11.6 Å². The van der Waals surface area contributed by atoms with E-state index in [-0.39, 0.29) is 29.1 Å². The lowest BCUT2D eigenvalue weighted by atomic mass is 10.2. The first-order chi connectivity index (χ1) is 17.4. The van der Waals surface area contributed by atoms with Crippen molar-refractivity contribution in [1.82, 2.24) is 19.7 Å². The van der Waals surface area contributed by atoms with Crippen molar-refractivity contribution in [2.24, 2.45) is 0 Å². The Balaban J connectivity index is 1.66. The largest absolute Gasteiger partial charge is 0.497 e. The summed E-state index contributed by atoms with van der Waals surface area (Å²) < 4.78 is 47.1. The first-order valence-corrected chi connectivity index (χ1v) is 12.4. The minimum Gasteiger partial charge on any atom is -0.497 e. The highest BCUT2D eigenvalue weighted by Gasteiger charge is 2.22. The summed E-state index contributed by atoms with van der Waals surface area (Å²) in [6, 6.07) is 17.2. The van der Waals surface area contributed by atoms with Gasteiger partial charge in [0.25, 0.3) is 0 Å². The Morgan fingerprint density at radius 2 is 1.58 bits per heavy atom. The van der Waals surface area contributed by atoms with E-state index in [1.54, 1.807) is 80.2 Å². The van der Waals surface area contributed by atoms with Crippen LogP contribution in [-0.2, 0) is 16.8 Å².